The number of halogens is 1. The van der Waals surface area contributed by atoms with E-state index in [2.05, 4.69) is 21.0 Å². The summed E-state index contributed by atoms with van der Waals surface area (Å²) in [4.78, 5) is 37.7. The van der Waals surface area contributed by atoms with Crippen LogP contribution in [0.2, 0.25) is 5.02 Å². The first-order valence-electron chi connectivity index (χ1n) is 16.0. The van der Waals surface area contributed by atoms with Crippen molar-refractivity contribution in [1.29, 1.82) is 0 Å². The highest BCUT2D eigenvalue weighted by atomic mass is 35.5. The predicted molar refractivity (Wildman–Crippen MR) is 183 cm³/mol. The second kappa shape index (κ2) is 12.9. The molecule has 47 heavy (non-hydrogen) atoms. The van der Waals surface area contributed by atoms with Crippen molar-refractivity contribution in [3.63, 3.8) is 0 Å². The number of rotatable bonds is 8. The predicted octanol–water partition coefficient (Wildman–Crippen LogP) is 6.04. The van der Waals surface area contributed by atoms with Crippen molar-refractivity contribution in [3.05, 3.63) is 91.3 Å². The Morgan fingerprint density at radius 1 is 1.15 bits per heavy atom. The number of likely N-dealkylation sites (tertiary alicyclic amines) is 1. The van der Waals surface area contributed by atoms with Gasteiger partial charge in [0, 0.05) is 64.5 Å². The number of hydrogen-bond acceptors (Lipinski definition) is 8. The molecule has 1 fully saturated rings. The fourth-order valence-corrected chi connectivity index (χ4v) is 8.37. The Hall–Kier alpha value is -4.06. The van der Waals surface area contributed by atoms with Crippen LogP contribution in [0.25, 0.3) is 21.3 Å². The number of carbonyl (C=O) groups is 1. The maximum absolute atomic E-state index is 13.9. The van der Waals surface area contributed by atoms with Crippen molar-refractivity contribution in [2.75, 3.05) is 19.7 Å². The third kappa shape index (κ3) is 6.19. The number of fused-ring (bicyclic) bond motifs is 2. The summed E-state index contributed by atoms with van der Waals surface area (Å²) in [6.45, 7) is 6.32. The van der Waals surface area contributed by atoms with Crippen LogP contribution in [0.4, 0.5) is 0 Å². The molecule has 0 unspecified atom stereocenters. The second-order valence-electron chi connectivity index (χ2n) is 12.6. The van der Waals surface area contributed by atoms with E-state index in [-0.39, 0.29) is 17.7 Å². The third-order valence-electron chi connectivity index (χ3n) is 9.50. The van der Waals surface area contributed by atoms with Gasteiger partial charge in [0.1, 0.15) is 18.2 Å². The van der Waals surface area contributed by atoms with Gasteiger partial charge in [0.2, 0.25) is 0 Å². The molecule has 1 N–H and O–H groups in total. The lowest BCUT2D eigenvalue weighted by molar-refractivity contribution is 0.0699. The quantitative estimate of drug-likeness (QED) is 0.212. The summed E-state index contributed by atoms with van der Waals surface area (Å²) in [6, 6.07) is 9.75. The maximum atomic E-state index is 13.9. The van der Waals surface area contributed by atoms with Crippen LogP contribution in [0, 0.1) is 13.8 Å². The van der Waals surface area contributed by atoms with Crippen molar-refractivity contribution in [3.8, 4) is 16.9 Å². The molecule has 244 valence electrons. The lowest BCUT2D eigenvalue weighted by Crippen LogP contribution is -2.46. The van der Waals surface area contributed by atoms with Crippen molar-refractivity contribution >= 4 is 39.1 Å². The summed E-state index contributed by atoms with van der Waals surface area (Å²) < 4.78 is 10.7. The summed E-state index contributed by atoms with van der Waals surface area (Å²) in [5.41, 5.74) is 5.77. The average molecular weight is 673 g/mol. The molecule has 5 heterocycles. The van der Waals surface area contributed by atoms with Gasteiger partial charge in [0.15, 0.2) is 0 Å². The number of carboxylic acids is 1. The Morgan fingerprint density at radius 3 is 2.79 bits per heavy atom. The summed E-state index contributed by atoms with van der Waals surface area (Å²) in [6.07, 6.45) is 6.79. The van der Waals surface area contributed by atoms with Gasteiger partial charge >= 0.3 is 5.97 Å². The van der Waals surface area contributed by atoms with Gasteiger partial charge in [-0.05, 0) is 82.8 Å². The van der Waals surface area contributed by atoms with Crippen molar-refractivity contribution in [2.45, 2.75) is 64.5 Å². The summed E-state index contributed by atoms with van der Waals surface area (Å²) in [7, 11) is 1.96. The number of piperidine rings is 1. The lowest BCUT2D eigenvalue weighted by Gasteiger charge is -2.39. The molecule has 1 aliphatic heterocycles. The first-order chi connectivity index (χ1) is 22.7. The number of nitrogens with zero attached hydrogens (tertiary/aromatic N) is 6. The number of aromatic carboxylic acids is 1. The van der Waals surface area contributed by atoms with E-state index in [1.807, 2.05) is 50.0 Å². The minimum absolute atomic E-state index is 0.0154. The highest BCUT2D eigenvalue weighted by Crippen LogP contribution is 2.40. The lowest BCUT2D eigenvalue weighted by atomic mass is 9.87. The van der Waals surface area contributed by atoms with E-state index in [1.165, 1.54) is 11.3 Å². The molecule has 0 radical (unpaired) electrons. The van der Waals surface area contributed by atoms with E-state index in [9.17, 15) is 14.7 Å². The van der Waals surface area contributed by atoms with Crippen LogP contribution < -0.4 is 10.3 Å². The number of benzene rings is 1. The summed E-state index contributed by atoms with van der Waals surface area (Å²) in [5.74, 6) is 0.681. The third-order valence-corrected chi connectivity index (χ3v) is 10.7. The zero-order chi connectivity index (χ0) is 32.8. The minimum atomic E-state index is -1.02. The van der Waals surface area contributed by atoms with Gasteiger partial charge in [-0.1, -0.05) is 11.6 Å². The first kappa shape index (κ1) is 31.5. The molecule has 12 heteroatoms. The Balaban J connectivity index is 1.10. The zero-order valence-electron chi connectivity index (χ0n) is 26.7. The van der Waals surface area contributed by atoms with Crippen LogP contribution in [0.15, 0.2) is 46.7 Å². The molecule has 1 aromatic carbocycles. The number of hydrogen-bond donors (Lipinski definition) is 1. The highest BCUT2D eigenvalue weighted by Gasteiger charge is 2.32. The van der Waals surface area contributed by atoms with E-state index in [0.717, 1.165) is 71.6 Å². The molecule has 10 nitrogen and oxygen atoms in total. The largest absolute Gasteiger partial charge is 0.491 e. The molecule has 2 atom stereocenters. The number of thiophene rings is 1. The highest BCUT2D eigenvalue weighted by molar-refractivity contribution is 7.18. The fraction of sp³-hybridized carbons (Fsp3) is 0.400. The number of aromatic nitrogens is 5. The molecule has 0 spiro atoms. The van der Waals surface area contributed by atoms with Crippen LogP contribution >= 0.6 is 22.9 Å². The van der Waals surface area contributed by atoms with Crippen molar-refractivity contribution in [2.24, 2.45) is 7.05 Å². The molecule has 0 bridgehead atoms. The van der Waals surface area contributed by atoms with Gasteiger partial charge in [0.05, 0.1) is 33.7 Å². The van der Waals surface area contributed by atoms with Crippen LogP contribution in [0.3, 0.4) is 0 Å². The van der Waals surface area contributed by atoms with Gasteiger partial charge in [-0.3, -0.25) is 23.9 Å². The summed E-state index contributed by atoms with van der Waals surface area (Å²) >= 11 is 7.77. The summed E-state index contributed by atoms with van der Waals surface area (Å²) in [5, 5.41) is 16.5. The van der Waals surface area contributed by atoms with Gasteiger partial charge in [0.25, 0.3) is 5.56 Å². The van der Waals surface area contributed by atoms with Crippen LogP contribution in [-0.4, -0.2) is 66.0 Å². The number of ether oxygens (including phenoxy) is 1. The molecule has 2 aliphatic rings. The molecular weight excluding hydrogens is 636 g/mol. The normalized spacial score (nSPS) is 18.4. The SMILES string of the molecule is Cc1cc(-c2cc(Cl)ccc2OCCn2c(C)nc3c(c2=O)C[C@@H](N2CCC[C@H](c4ccn(C)n4)C2)CC3)c2scc(C(=O)O)c2n1. The second-order valence-corrected chi connectivity index (χ2v) is 13.9. The zero-order valence-corrected chi connectivity index (χ0v) is 28.3. The maximum Gasteiger partial charge on any atom is 0.338 e. The minimum Gasteiger partial charge on any atom is -0.491 e. The van der Waals surface area contributed by atoms with Gasteiger partial charge in [-0.15, -0.1) is 11.3 Å². The average Bonchev–Trinajstić information content (AvgIpc) is 3.69. The van der Waals surface area contributed by atoms with E-state index in [1.54, 1.807) is 16.0 Å². The van der Waals surface area contributed by atoms with Gasteiger partial charge < -0.3 is 9.84 Å². The van der Waals surface area contributed by atoms with Crippen LogP contribution in [0.1, 0.15) is 64.0 Å². The molecule has 7 rings (SSSR count). The molecule has 4 aromatic heterocycles. The Kier molecular flexibility index (Phi) is 8.63. The standard InChI is InChI=1S/C35H37ClN6O4S/c1-20-15-26(33-32(37-20)28(19-47-33)35(44)45)25-16-23(36)6-9-31(25)46-14-13-42-21(2)38-30-8-7-24(17-27(30)34(42)43)41-11-4-5-22(18-41)29-10-12-40(3)39-29/h6,9-10,12,15-16,19,22,24H,4-5,7-8,11,13-14,17-18H2,1-3H3,(H,44,45)/t22-,24-/m0/s1. The van der Waals surface area contributed by atoms with Crippen molar-refractivity contribution in [1.82, 2.24) is 29.2 Å². The fourth-order valence-electron chi connectivity index (χ4n) is 7.19. The van der Waals surface area contributed by atoms with Crippen LogP contribution in [0.5, 0.6) is 5.75 Å². The molecule has 1 aliphatic carbocycles. The topological polar surface area (TPSA) is 115 Å². The van der Waals surface area contributed by atoms with Gasteiger partial charge in [-0.2, -0.15) is 5.10 Å². The Morgan fingerprint density at radius 2 is 2.00 bits per heavy atom. The van der Waals surface area contributed by atoms with Gasteiger partial charge in [-0.25, -0.2) is 9.78 Å². The monoisotopic (exact) mass is 672 g/mol. The first-order valence-corrected chi connectivity index (χ1v) is 17.3. The van der Waals surface area contributed by atoms with E-state index in [4.69, 9.17) is 21.3 Å². The van der Waals surface area contributed by atoms with Crippen LogP contribution in [-0.2, 0) is 26.4 Å². The Bertz CT molecular complexity index is 2050. The molecule has 5 aromatic rings. The molecular formula is C35H37ClN6O4S. The van der Waals surface area contributed by atoms with Crippen molar-refractivity contribution < 1.29 is 14.6 Å². The number of pyridine rings is 1. The van der Waals surface area contributed by atoms with E-state index >= 15 is 0 Å². The van der Waals surface area contributed by atoms with E-state index < -0.39 is 5.97 Å². The molecule has 1 saturated heterocycles. The number of aryl methyl sites for hydroxylation is 4. The Labute approximate surface area is 281 Å². The molecule has 0 saturated carbocycles. The smallest absolute Gasteiger partial charge is 0.338 e. The number of carboxylic acid groups (broad SMARTS) is 1. The molecule has 0 amide bonds. The van der Waals surface area contributed by atoms with E-state index in [0.29, 0.717) is 52.7 Å².